The van der Waals surface area contributed by atoms with E-state index in [-0.39, 0.29) is 29.2 Å². The molecule has 4 aliphatic rings. The first kappa shape index (κ1) is 16.5. The molecule has 5 nitrogen and oxygen atoms in total. The standard InChI is InChI=1S/C20H24N2O3S/c1-22-8-7-20-12-3-4-13(21-16(24)6-9-26)19(20)25-18-15(23)5-2-11(17(18)20)10-14(12)22/h2-5,12-14,19,23,26H,6-10H2,1H3,(H,21,24)/t12-,13+,14+,19-,20-/m0/s1. The molecule has 1 saturated heterocycles. The van der Waals surface area contributed by atoms with Gasteiger partial charge in [-0.05, 0) is 43.8 Å². The van der Waals surface area contributed by atoms with E-state index in [0.29, 0.717) is 29.9 Å². The van der Waals surface area contributed by atoms with Crippen LogP contribution in [-0.2, 0) is 16.6 Å². The van der Waals surface area contributed by atoms with E-state index in [1.54, 1.807) is 6.07 Å². The lowest BCUT2D eigenvalue weighted by Gasteiger charge is -2.57. The lowest BCUT2D eigenvalue weighted by atomic mass is 9.53. The number of phenolic OH excluding ortho intramolecular Hbond substituents is 1. The number of carbonyl (C=O) groups is 1. The number of ether oxygens (including phenoxy) is 1. The summed E-state index contributed by atoms with van der Waals surface area (Å²) < 4.78 is 6.38. The van der Waals surface area contributed by atoms with Crippen LogP contribution in [0.3, 0.4) is 0 Å². The molecule has 2 N–H and O–H groups in total. The number of carbonyl (C=O) groups excluding carboxylic acids is 1. The van der Waals surface area contributed by atoms with Crippen LogP contribution < -0.4 is 10.1 Å². The summed E-state index contributed by atoms with van der Waals surface area (Å²) in [7, 11) is 2.20. The van der Waals surface area contributed by atoms with Crippen LogP contribution in [0, 0.1) is 5.92 Å². The van der Waals surface area contributed by atoms with Gasteiger partial charge in [-0.25, -0.2) is 0 Å². The first-order chi connectivity index (χ1) is 12.6. The minimum Gasteiger partial charge on any atom is -0.504 e. The van der Waals surface area contributed by atoms with Crippen molar-refractivity contribution in [1.82, 2.24) is 10.2 Å². The molecule has 1 spiro atoms. The van der Waals surface area contributed by atoms with Gasteiger partial charge in [0.2, 0.25) is 5.91 Å². The number of hydrogen-bond acceptors (Lipinski definition) is 5. The molecule has 0 radical (unpaired) electrons. The molecule has 138 valence electrons. The molecule has 26 heavy (non-hydrogen) atoms. The van der Waals surface area contributed by atoms with E-state index < -0.39 is 0 Å². The van der Waals surface area contributed by atoms with Gasteiger partial charge in [0.1, 0.15) is 6.10 Å². The third kappa shape index (κ3) is 2.00. The van der Waals surface area contributed by atoms with Gasteiger partial charge in [0.05, 0.1) is 6.04 Å². The van der Waals surface area contributed by atoms with Crippen LogP contribution in [0.1, 0.15) is 24.0 Å². The lowest BCUT2D eigenvalue weighted by Crippen LogP contribution is -2.66. The predicted molar refractivity (Wildman–Crippen MR) is 102 cm³/mol. The summed E-state index contributed by atoms with van der Waals surface area (Å²) in [6, 6.07) is 4.06. The Bertz CT molecular complexity index is 810. The van der Waals surface area contributed by atoms with Gasteiger partial charge in [0, 0.05) is 29.4 Å². The summed E-state index contributed by atoms with van der Waals surface area (Å²) in [6.45, 7) is 1.00. The summed E-state index contributed by atoms with van der Waals surface area (Å²) in [5.74, 6) is 1.72. The maximum absolute atomic E-state index is 12.2. The second-order valence-electron chi connectivity index (χ2n) is 8.01. The SMILES string of the molecule is CN1CC[C@]23c4c5ccc(O)c4O[C@H]2[C@H](NC(=O)CCS)C=C[C@H]3[C@H]1C5. The predicted octanol–water partition coefficient (Wildman–Crippen LogP) is 1.64. The first-order valence-electron chi connectivity index (χ1n) is 9.37. The second-order valence-corrected chi connectivity index (χ2v) is 8.45. The first-order valence-corrected chi connectivity index (χ1v) is 10.0. The molecule has 2 aliphatic heterocycles. The Morgan fingerprint density at radius 3 is 3.12 bits per heavy atom. The van der Waals surface area contributed by atoms with Gasteiger partial charge >= 0.3 is 0 Å². The Morgan fingerprint density at radius 2 is 2.31 bits per heavy atom. The molecular weight excluding hydrogens is 348 g/mol. The van der Waals surface area contributed by atoms with Crippen molar-refractivity contribution in [2.45, 2.75) is 42.9 Å². The van der Waals surface area contributed by atoms with Crippen LogP contribution in [0.25, 0.3) is 0 Å². The number of likely N-dealkylation sites (N-methyl/N-ethyl adjacent to an activating group) is 1. The van der Waals surface area contributed by atoms with E-state index in [1.165, 1.54) is 11.1 Å². The highest BCUT2D eigenvalue weighted by atomic mass is 32.1. The highest BCUT2D eigenvalue weighted by Crippen LogP contribution is 2.62. The van der Waals surface area contributed by atoms with Crippen LogP contribution in [0.2, 0.25) is 0 Å². The minimum atomic E-state index is -0.180. The Balaban J connectivity index is 1.64. The molecular formula is C20H24N2O3S. The number of amides is 1. The van der Waals surface area contributed by atoms with E-state index in [9.17, 15) is 9.90 Å². The topological polar surface area (TPSA) is 61.8 Å². The number of likely N-dealkylation sites (tertiary alicyclic amines) is 1. The molecule has 2 aliphatic carbocycles. The average molecular weight is 372 g/mol. The zero-order chi connectivity index (χ0) is 18.1. The second kappa shape index (κ2) is 5.67. The number of benzene rings is 1. The number of hydrogen-bond donors (Lipinski definition) is 3. The highest BCUT2D eigenvalue weighted by molar-refractivity contribution is 7.80. The van der Waals surface area contributed by atoms with E-state index in [4.69, 9.17) is 4.74 Å². The van der Waals surface area contributed by atoms with E-state index in [0.717, 1.165) is 19.4 Å². The maximum Gasteiger partial charge on any atom is 0.221 e. The van der Waals surface area contributed by atoms with Crippen molar-refractivity contribution in [3.8, 4) is 11.5 Å². The molecule has 2 heterocycles. The van der Waals surface area contributed by atoms with Crippen molar-refractivity contribution in [1.29, 1.82) is 0 Å². The van der Waals surface area contributed by atoms with Crippen molar-refractivity contribution in [3.63, 3.8) is 0 Å². The van der Waals surface area contributed by atoms with Crippen LogP contribution >= 0.6 is 12.6 Å². The summed E-state index contributed by atoms with van der Waals surface area (Å²) in [6.07, 6.45) is 6.56. The third-order valence-electron chi connectivity index (χ3n) is 6.84. The van der Waals surface area contributed by atoms with Crippen LogP contribution in [-0.4, -0.2) is 53.4 Å². The molecule has 1 aromatic rings. The molecule has 1 amide bonds. The van der Waals surface area contributed by atoms with Gasteiger partial charge in [0.15, 0.2) is 11.5 Å². The van der Waals surface area contributed by atoms with E-state index in [1.807, 2.05) is 0 Å². The summed E-state index contributed by atoms with van der Waals surface area (Å²) in [4.78, 5) is 14.7. The average Bonchev–Trinajstić information content (AvgIpc) is 2.97. The van der Waals surface area contributed by atoms with Gasteiger partial charge in [-0.15, -0.1) is 0 Å². The number of thiol groups is 1. The van der Waals surface area contributed by atoms with Crippen LogP contribution in [0.5, 0.6) is 11.5 Å². The highest BCUT2D eigenvalue weighted by Gasteiger charge is 2.64. The molecule has 0 saturated carbocycles. The quantitative estimate of drug-likeness (QED) is 0.558. The fourth-order valence-corrected chi connectivity index (χ4v) is 5.95. The van der Waals surface area contributed by atoms with Crippen molar-refractivity contribution in [3.05, 3.63) is 35.4 Å². The zero-order valence-corrected chi connectivity index (χ0v) is 15.7. The summed E-state index contributed by atoms with van der Waals surface area (Å²) in [5.41, 5.74) is 2.31. The molecule has 0 unspecified atom stereocenters. The Hall–Kier alpha value is -1.66. The van der Waals surface area contributed by atoms with Gasteiger partial charge in [0.25, 0.3) is 0 Å². The number of aromatic hydroxyl groups is 1. The monoisotopic (exact) mass is 372 g/mol. The summed E-state index contributed by atoms with van der Waals surface area (Å²) >= 11 is 4.16. The van der Waals surface area contributed by atoms with Gasteiger partial charge in [-0.1, -0.05) is 18.2 Å². The molecule has 1 fully saturated rings. The molecule has 5 atom stereocenters. The Kier molecular flexibility index (Phi) is 3.60. The minimum absolute atomic E-state index is 0.00575. The lowest BCUT2D eigenvalue weighted by molar-refractivity contribution is -0.122. The molecule has 6 heteroatoms. The Morgan fingerprint density at radius 1 is 1.46 bits per heavy atom. The normalized spacial score (nSPS) is 36.4. The van der Waals surface area contributed by atoms with Crippen LogP contribution in [0.4, 0.5) is 0 Å². The van der Waals surface area contributed by atoms with Crippen molar-refractivity contribution in [2.75, 3.05) is 19.3 Å². The number of rotatable bonds is 3. The van der Waals surface area contributed by atoms with Gasteiger partial charge < -0.3 is 20.1 Å². The largest absolute Gasteiger partial charge is 0.504 e. The molecule has 1 aromatic carbocycles. The van der Waals surface area contributed by atoms with Gasteiger partial charge in [-0.3, -0.25) is 4.79 Å². The van der Waals surface area contributed by atoms with Crippen molar-refractivity contribution in [2.24, 2.45) is 5.92 Å². The van der Waals surface area contributed by atoms with Crippen molar-refractivity contribution >= 4 is 18.5 Å². The Labute approximate surface area is 158 Å². The molecule has 5 rings (SSSR count). The van der Waals surface area contributed by atoms with Gasteiger partial charge in [-0.2, -0.15) is 12.6 Å². The fourth-order valence-electron chi connectivity index (χ4n) is 5.75. The zero-order valence-electron chi connectivity index (χ0n) is 14.8. The maximum atomic E-state index is 12.2. The number of nitrogens with one attached hydrogen (secondary N) is 1. The molecule has 2 bridgehead atoms. The van der Waals surface area contributed by atoms with E-state index in [2.05, 4.69) is 48.1 Å². The summed E-state index contributed by atoms with van der Waals surface area (Å²) in [5, 5.41) is 13.6. The van der Waals surface area contributed by atoms with Crippen LogP contribution in [0.15, 0.2) is 24.3 Å². The number of phenols is 1. The smallest absolute Gasteiger partial charge is 0.221 e. The number of nitrogens with zero attached hydrogens (tertiary/aromatic N) is 1. The van der Waals surface area contributed by atoms with Crippen molar-refractivity contribution < 1.29 is 14.6 Å². The third-order valence-corrected chi connectivity index (χ3v) is 7.07. The molecule has 0 aromatic heterocycles. The fraction of sp³-hybridized carbons (Fsp3) is 0.550. The number of piperidine rings is 1. The van der Waals surface area contributed by atoms with E-state index >= 15 is 0 Å².